The van der Waals surface area contributed by atoms with Crippen LogP contribution in [0.4, 0.5) is 0 Å². The van der Waals surface area contributed by atoms with E-state index in [0.29, 0.717) is 0 Å². The van der Waals surface area contributed by atoms with Gasteiger partial charge in [-0.15, -0.1) is 0 Å². The monoisotopic (exact) mass is 158 g/mol. The van der Waals surface area contributed by atoms with E-state index in [-0.39, 0.29) is 6.42 Å². The highest BCUT2D eigenvalue weighted by molar-refractivity contribution is 5.79. The molecule has 62 valence electrons. The van der Waals surface area contributed by atoms with E-state index in [1.54, 1.807) is 6.92 Å². The third kappa shape index (κ3) is 4.13. The van der Waals surface area contributed by atoms with E-state index in [1.165, 1.54) is 12.2 Å². The van der Waals surface area contributed by atoms with Crippen molar-refractivity contribution in [2.45, 2.75) is 13.3 Å². The second kappa shape index (κ2) is 4.49. The van der Waals surface area contributed by atoms with Crippen molar-refractivity contribution in [2.75, 3.05) is 0 Å². The fourth-order valence-electron chi connectivity index (χ4n) is 0.658. The van der Waals surface area contributed by atoms with Gasteiger partial charge in [-0.05, 0) is 6.92 Å². The highest BCUT2D eigenvalue weighted by Gasteiger charge is 2.16. The summed E-state index contributed by atoms with van der Waals surface area (Å²) in [6.45, 7) is 1.65. The highest BCUT2D eigenvalue weighted by atomic mass is 16.4. The Hall–Kier alpha value is -1.32. The van der Waals surface area contributed by atoms with Gasteiger partial charge in [0.2, 0.25) is 0 Å². The summed E-state index contributed by atoms with van der Waals surface area (Å²) in [5, 5.41) is 16.7. The molecule has 1 unspecified atom stereocenters. The first-order valence-corrected chi connectivity index (χ1v) is 3.15. The third-order valence-corrected chi connectivity index (χ3v) is 1.14. The topological polar surface area (TPSA) is 74.6 Å². The number of carbonyl (C=O) groups is 2. The predicted octanol–water partition coefficient (Wildman–Crippen LogP) is 0.738. The van der Waals surface area contributed by atoms with E-state index in [0.717, 1.165) is 0 Å². The van der Waals surface area contributed by atoms with Gasteiger partial charge in [-0.2, -0.15) is 0 Å². The molecule has 0 amide bonds. The van der Waals surface area contributed by atoms with Crippen LogP contribution in [0.2, 0.25) is 0 Å². The van der Waals surface area contributed by atoms with Gasteiger partial charge in [0.1, 0.15) is 0 Å². The van der Waals surface area contributed by atoms with Gasteiger partial charge >= 0.3 is 11.9 Å². The molecule has 4 heteroatoms. The summed E-state index contributed by atoms with van der Waals surface area (Å²) in [5.74, 6) is -3.11. The maximum atomic E-state index is 10.3. The van der Waals surface area contributed by atoms with Crippen LogP contribution in [0.3, 0.4) is 0 Å². The van der Waals surface area contributed by atoms with Crippen LogP contribution in [0.25, 0.3) is 0 Å². The SMILES string of the molecule is CC=CC(CC(=O)O)C(=O)O. The van der Waals surface area contributed by atoms with Gasteiger partial charge in [0, 0.05) is 0 Å². The molecule has 0 radical (unpaired) electrons. The van der Waals surface area contributed by atoms with Gasteiger partial charge < -0.3 is 10.2 Å². The molecule has 0 fully saturated rings. The molecule has 0 heterocycles. The lowest BCUT2D eigenvalue weighted by atomic mass is 10.1. The molecule has 0 aliphatic rings. The zero-order chi connectivity index (χ0) is 8.85. The van der Waals surface area contributed by atoms with Crippen molar-refractivity contribution in [1.82, 2.24) is 0 Å². The summed E-state index contributed by atoms with van der Waals surface area (Å²) in [4.78, 5) is 20.4. The number of hydrogen-bond donors (Lipinski definition) is 2. The second-order valence-corrected chi connectivity index (χ2v) is 2.07. The Morgan fingerprint density at radius 2 is 2.00 bits per heavy atom. The standard InChI is InChI=1S/C7H10O4/c1-2-3-5(7(10)11)4-6(8)9/h2-3,5H,4H2,1H3,(H,8,9)(H,10,11). The normalized spacial score (nSPS) is 13.2. The van der Waals surface area contributed by atoms with Crippen LogP contribution in [-0.4, -0.2) is 22.2 Å². The maximum Gasteiger partial charge on any atom is 0.310 e. The van der Waals surface area contributed by atoms with Crippen LogP contribution in [0.5, 0.6) is 0 Å². The average Bonchev–Trinajstić information content (AvgIpc) is 1.86. The molecule has 0 aromatic rings. The lowest BCUT2D eigenvalue weighted by Crippen LogP contribution is -2.15. The predicted molar refractivity (Wildman–Crippen MR) is 38.2 cm³/mol. The van der Waals surface area contributed by atoms with Crippen LogP contribution in [0.1, 0.15) is 13.3 Å². The van der Waals surface area contributed by atoms with Crippen molar-refractivity contribution in [1.29, 1.82) is 0 Å². The Labute approximate surface area is 64.2 Å². The van der Waals surface area contributed by atoms with E-state index in [1.807, 2.05) is 0 Å². The Morgan fingerprint density at radius 1 is 1.45 bits per heavy atom. The molecule has 0 aliphatic carbocycles. The largest absolute Gasteiger partial charge is 0.481 e. The first-order valence-electron chi connectivity index (χ1n) is 3.15. The minimum Gasteiger partial charge on any atom is -0.481 e. The van der Waals surface area contributed by atoms with Crippen molar-refractivity contribution in [2.24, 2.45) is 5.92 Å². The number of aliphatic carboxylic acids is 2. The van der Waals surface area contributed by atoms with Crippen molar-refractivity contribution in [3.63, 3.8) is 0 Å². The number of hydrogen-bond acceptors (Lipinski definition) is 2. The summed E-state index contributed by atoms with van der Waals surface area (Å²) >= 11 is 0. The van der Waals surface area contributed by atoms with E-state index in [2.05, 4.69) is 0 Å². The molecule has 0 saturated carbocycles. The third-order valence-electron chi connectivity index (χ3n) is 1.14. The Balaban J connectivity index is 4.11. The molecule has 2 N–H and O–H groups in total. The van der Waals surface area contributed by atoms with Crippen LogP contribution in [0.15, 0.2) is 12.2 Å². The number of rotatable bonds is 4. The van der Waals surface area contributed by atoms with Crippen molar-refractivity contribution in [3.05, 3.63) is 12.2 Å². The molecule has 0 rings (SSSR count). The molecule has 1 atom stereocenters. The number of carboxylic acids is 2. The fraction of sp³-hybridized carbons (Fsp3) is 0.429. The second-order valence-electron chi connectivity index (χ2n) is 2.07. The summed E-state index contributed by atoms with van der Waals surface area (Å²) in [7, 11) is 0. The van der Waals surface area contributed by atoms with E-state index >= 15 is 0 Å². The summed E-state index contributed by atoms with van der Waals surface area (Å²) in [6, 6.07) is 0. The zero-order valence-electron chi connectivity index (χ0n) is 6.15. The molecule has 0 bridgehead atoms. The first-order chi connectivity index (χ1) is 5.07. The fourth-order valence-corrected chi connectivity index (χ4v) is 0.658. The summed E-state index contributed by atoms with van der Waals surface area (Å²) in [5.41, 5.74) is 0. The first kappa shape index (κ1) is 9.68. The minimum atomic E-state index is -1.11. The molecule has 0 saturated heterocycles. The Morgan fingerprint density at radius 3 is 2.27 bits per heavy atom. The zero-order valence-corrected chi connectivity index (χ0v) is 6.15. The van der Waals surface area contributed by atoms with Gasteiger partial charge in [0.25, 0.3) is 0 Å². The molecule has 0 aromatic heterocycles. The molecule has 0 spiro atoms. The summed E-state index contributed by atoms with van der Waals surface area (Å²) < 4.78 is 0. The molecule has 0 aromatic carbocycles. The van der Waals surface area contributed by atoms with Gasteiger partial charge in [-0.25, -0.2) is 0 Å². The van der Waals surface area contributed by atoms with E-state index in [9.17, 15) is 9.59 Å². The van der Waals surface area contributed by atoms with Gasteiger partial charge in [0.05, 0.1) is 12.3 Å². The van der Waals surface area contributed by atoms with Gasteiger partial charge in [-0.1, -0.05) is 12.2 Å². The average molecular weight is 158 g/mol. The van der Waals surface area contributed by atoms with Crippen molar-refractivity contribution < 1.29 is 19.8 Å². The lowest BCUT2D eigenvalue weighted by Gasteiger charge is -2.01. The molecular weight excluding hydrogens is 148 g/mol. The Bertz CT molecular complexity index is 183. The van der Waals surface area contributed by atoms with Crippen LogP contribution >= 0.6 is 0 Å². The van der Waals surface area contributed by atoms with Crippen LogP contribution < -0.4 is 0 Å². The molecular formula is C7H10O4. The van der Waals surface area contributed by atoms with Crippen molar-refractivity contribution in [3.8, 4) is 0 Å². The van der Waals surface area contributed by atoms with Crippen LogP contribution in [-0.2, 0) is 9.59 Å². The minimum absolute atomic E-state index is 0.361. The van der Waals surface area contributed by atoms with Crippen LogP contribution in [0, 0.1) is 5.92 Å². The smallest absolute Gasteiger partial charge is 0.310 e. The molecule has 11 heavy (non-hydrogen) atoms. The molecule has 4 nitrogen and oxygen atoms in total. The number of carboxylic acid groups (broad SMARTS) is 2. The summed E-state index contributed by atoms with van der Waals surface area (Å²) in [6.07, 6.45) is 2.53. The molecule has 0 aliphatic heterocycles. The van der Waals surface area contributed by atoms with E-state index in [4.69, 9.17) is 10.2 Å². The number of allylic oxidation sites excluding steroid dienone is 1. The maximum absolute atomic E-state index is 10.3. The quantitative estimate of drug-likeness (QED) is 0.591. The lowest BCUT2D eigenvalue weighted by molar-refractivity contribution is -0.146. The Kier molecular flexibility index (Phi) is 3.95. The highest BCUT2D eigenvalue weighted by Crippen LogP contribution is 2.04. The van der Waals surface area contributed by atoms with Gasteiger partial charge in [0.15, 0.2) is 0 Å². The van der Waals surface area contributed by atoms with Gasteiger partial charge in [-0.3, -0.25) is 9.59 Å². The van der Waals surface area contributed by atoms with E-state index < -0.39 is 17.9 Å². The van der Waals surface area contributed by atoms with Crippen molar-refractivity contribution >= 4 is 11.9 Å².